The van der Waals surface area contributed by atoms with Crippen LogP contribution in [0.2, 0.25) is 0 Å². The Hall–Kier alpha value is -1.13. The van der Waals surface area contributed by atoms with Gasteiger partial charge >= 0.3 is 0 Å². The Morgan fingerprint density at radius 2 is 2.00 bits per heavy atom. The number of hydrogen-bond donors (Lipinski definition) is 1. The van der Waals surface area contributed by atoms with Crippen molar-refractivity contribution >= 4 is 5.69 Å². The van der Waals surface area contributed by atoms with Gasteiger partial charge < -0.3 is 14.8 Å². The molecule has 3 nitrogen and oxygen atoms in total. The summed E-state index contributed by atoms with van der Waals surface area (Å²) in [6, 6.07) is 6.83. The predicted octanol–water partition coefficient (Wildman–Crippen LogP) is 2.92. The molecule has 1 spiro atoms. The molecule has 2 saturated heterocycles. The maximum Gasteiger partial charge on any atom is 0.189 e. The minimum Gasteiger partial charge on any atom is -0.379 e. The normalized spacial score (nSPS) is 40.2. The van der Waals surface area contributed by atoms with Crippen molar-refractivity contribution in [3.63, 3.8) is 0 Å². The SMILES string of the molecule is Fc1ccc(N[C@@H]2CCC[C@@H]3CCOC4O[C@]432)cc1. The van der Waals surface area contributed by atoms with E-state index in [1.54, 1.807) is 12.1 Å². The van der Waals surface area contributed by atoms with E-state index < -0.39 is 0 Å². The van der Waals surface area contributed by atoms with Crippen molar-refractivity contribution in [2.24, 2.45) is 5.92 Å². The zero-order valence-corrected chi connectivity index (χ0v) is 10.8. The quantitative estimate of drug-likeness (QED) is 0.833. The third kappa shape index (κ3) is 1.77. The van der Waals surface area contributed by atoms with Crippen LogP contribution in [-0.4, -0.2) is 24.5 Å². The van der Waals surface area contributed by atoms with E-state index in [9.17, 15) is 4.39 Å². The number of halogens is 1. The highest BCUT2D eigenvalue weighted by atomic mass is 19.1. The van der Waals surface area contributed by atoms with Crippen LogP contribution in [0.15, 0.2) is 24.3 Å². The van der Waals surface area contributed by atoms with Crippen LogP contribution in [0.3, 0.4) is 0 Å². The first-order valence-electron chi connectivity index (χ1n) is 7.10. The second kappa shape index (κ2) is 4.18. The molecule has 3 aliphatic rings. The zero-order valence-electron chi connectivity index (χ0n) is 10.8. The van der Waals surface area contributed by atoms with Crippen LogP contribution in [0.4, 0.5) is 10.1 Å². The average Bonchev–Trinajstić information content (AvgIpc) is 3.16. The molecule has 4 heteroatoms. The summed E-state index contributed by atoms with van der Waals surface area (Å²) in [5.74, 6) is 0.407. The fraction of sp³-hybridized carbons (Fsp3) is 0.600. The second-order valence-electron chi connectivity index (χ2n) is 5.79. The Morgan fingerprint density at radius 1 is 1.16 bits per heavy atom. The number of rotatable bonds is 2. The maximum absolute atomic E-state index is 12.9. The van der Waals surface area contributed by atoms with Crippen LogP contribution in [0.1, 0.15) is 25.7 Å². The molecule has 2 aliphatic heterocycles. The predicted molar refractivity (Wildman–Crippen MR) is 69.3 cm³/mol. The van der Waals surface area contributed by atoms with Gasteiger partial charge in [0.15, 0.2) is 6.29 Å². The summed E-state index contributed by atoms with van der Waals surface area (Å²) >= 11 is 0. The lowest BCUT2D eigenvalue weighted by molar-refractivity contribution is 0.0181. The van der Waals surface area contributed by atoms with Crippen LogP contribution in [-0.2, 0) is 9.47 Å². The van der Waals surface area contributed by atoms with Gasteiger partial charge in [-0.05, 0) is 49.4 Å². The van der Waals surface area contributed by atoms with Gasteiger partial charge in [0.05, 0.1) is 12.6 Å². The van der Waals surface area contributed by atoms with Gasteiger partial charge in [0.2, 0.25) is 0 Å². The molecule has 19 heavy (non-hydrogen) atoms. The Labute approximate surface area is 112 Å². The van der Waals surface area contributed by atoms with Crippen LogP contribution in [0.25, 0.3) is 0 Å². The van der Waals surface area contributed by atoms with E-state index in [0.29, 0.717) is 5.92 Å². The molecule has 1 saturated carbocycles. The lowest BCUT2D eigenvalue weighted by atomic mass is 9.72. The van der Waals surface area contributed by atoms with Gasteiger partial charge in [-0.3, -0.25) is 0 Å². The summed E-state index contributed by atoms with van der Waals surface area (Å²) in [5.41, 5.74) is 0.839. The van der Waals surface area contributed by atoms with Crippen LogP contribution >= 0.6 is 0 Å². The zero-order chi connectivity index (χ0) is 12.9. The second-order valence-corrected chi connectivity index (χ2v) is 5.79. The lowest BCUT2D eigenvalue weighted by Crippen LogP contribution is -2.50. The summed E-state index contributed by atoms with van der Waals surface area (Å²) in [4.78, 5) is 0. The van der Waals surface area contributed by atoms with E-state index in [0.717, 1.165) is 25.1 Å². The van der Waals surface area contributed by atoms with E-state index in [2.05, 4.69) is 5.32 Å². The highest BCUT2D eigenvalue weighted by Crippen LogP contribution is 2.56. The first kappa shape index (κ1) is 11.7. The number of epoxide rings is 1. The number of nitrogens with one attached hydrogen (secondary N) is 1. The smallest absolute Gasteiger partial charge is 0.189 e. The van der Waals surface area contributed by atoms with Gasteiger partial charge in [0.1, 0.15) is 11.4 Å². The summed E-state index contributed by atoms with van der Waals surface area (Å²) in [6.45, 7) is 0.820. The average molecular weight is 263 g/mol. The third-order valence-corrected chi connectivity index (χ3v) is 4.77. The minimum absolute atomic E-state index is 0.0236. The van der Waals surface area contributed by atoms with Crippen molar-refractivity contribution in [2.75, 3.05) is 11.9 Å². The number of ether oxygens (including phenoxy) is 2. The van der Waals surface area contributed by atoms with Gasteiger partial charge in [-0.25, -0.2) is 4.39 Å². The highest BCUT2D eigenvalue weighted by molar-refractivity contribution is 5.45. The van der Waals surface area contributed by atoms with Crippen molar-refractivity contribution in [1.82, 2.24) is 0 Å². The number of anilines is 1. The maximum atomic E-state index is 12.9. The van der Waals surface area contributed by atoms with Gasteiger partial charge in [0, 0.05) is 5.69 Å². The standard InChI is InChI=1S/C15H18FNO2/c16-11-4-6-12(7-5-11)17-13-3-1-2-10-8-9-18-14-15(10,13)19-14/h4-7,10,13-14,17H,1-3,8-9H2/t10-,13-,14?,15-/m1/s1. The summed E-state index contributed by atoms with van der Waals surface area (Å²) < 4.78 is 24.5. The fourth-order valence-electron chi connectivity index (χ4n) is 3.77. The van der Waals surface area contributed by atoms with Crippen molar-refractivity contribution < 1.29 is 13.9 Å². The lowest BCUT2D eigenvalue weighted by Gasteiger charge is -2.39. The van der Waals surface area contributed by atoms with Crippen molar-refractivity contribution in [3.05, 3.63) is 30.1 Å². The molecular formula is C15H18FNO2. The molecule has 1 unspecified atom stereocenters. The van der Waals surface area contributed by atoms with Crippen LogP contribution in [0.5, 0.6) is 0 Å². The molecule has 1 aromatic carbocycles. The molecule has 0 bridgehead atoms. The van der Waals surface area contributed by atoms with Crippen molar-refractivity contribution in [2.45, 2.75) is 43.6 Å². The molecule has 4 rings (SSSR count). The Morgan fingerprint density at radius 3 is 2.84 bits per heavy atom. The van der Waals surface area contributed by atoms with E-state index in [-0.39, 0.29) is 23.8 Å². The van der Waals surface area contributed by atoms with Gasteiger partial charge in [0.25, 0.3) is 0 Å². The van der Waals surface area contributed by atoms with E-state index in [4.69, 9.17) is 9.47 Å². The topological polar surface area (TPSA) is 33.8 Å². The van der Waals surface area contributed by atoms with Crippen molar-refractivity contribution in [1.29, 1.82) is 0 Å². The highest BCUT2D eigenvalue weighted by Gasteiger charge is 2.69. The van der Waals surface area contributed by atoms with Gasteiger partial charge in [-0.2, -0.15) is 0 Å². The molecule has 0 amide bonds. The monoisotopic (exact) mass is 263 g/mol. The molecule has 102 valence electrons. The van der Waals surface area contributed by atoms with Crippen molar-refractivity contribution in [3.8, 4) is 0 Å². The van der Waals surface area contributed by atoms with Gasteiger partial charge in [-0.1, -0.05) is 6.42 Å². The van der Waals surface area contributed by atoms with Crippen LogP contribution in [0, 0.1) is 11.7 Å². The van der Waals surface area contributed by atoms with E-state index in [1.807, 2.05) is 0 Å². The third-order valence-electron chi connectivity index (χ3n) is 4.77. The molecule has 1 aromatic rings. The Bertz CT molecular complexity index is 476. The molecule has 1 aliphatic carbocycles. The molecule has 0 aromatic heterocycles. The van der Waals surface area contributed by atoms with Gasteiger partial charge in [-0.15, -0.1) is 0 Å². The molecule has 3 fully saturated rings. The molecule has 1 N–H and O–H groups in total. The molecule has 2 heterocycles. The summed E-state index contributed by atoms with van der Waals surface area (Å²) in [6.07, 6.45) is 4.62. The van der Waals surface area contributed by atoms with E-state index in [1.165, 1.54) is 25.0 Å². The number of benzene rings is 1. The minimum atomic E-state index is -0.202. The first-order chi connectivity index (χ1) is 9.29. The summed E-state index contributed by atoms with van der Waals surface area (Å²) in [5, 5.41) is 3.52. The summed E-state index contributed by atoms with van der Waals surface area (Å²) in [7, 11) is 0. The fourth-order valence-corrected chi connectivity index (χ4v) is 3.77. The van der Waals surface area contributed by atoms with E-state index >= 15 is 0 Å². The Balaban J connectivity index is 1.55. The molecule has 4 atom stereocenters. The Kier molecular flexibility index (Phi) is 2.57. The largest absolute Gasteiger partial charge is 0.379 e. The first-order valence-corrected chi connectivity index (χ1v) is 7.10. The number of hydrogen-bond acceptors (Lipinski definition) is 3. The molecule has 0 radical (unpaired) electrons. The molecular weight excluding hydrogens is 245 g/mol. The van der Waals surface area contributed by atoms with Crippen LogP contribution < -0.4 is 5.32 Å².